The number of hydrogen-bond acceptors (Lipinski definition) is 6. The van der Waals surface area contributed by atoms with E-state index in [4.69, 9.17) is 16.3 Å². The first-order chi connectivity index (χ1) is 23.5. The van der Waals surface area contributed by atoms with E-state index in [1.54, 1.807) is 24.3 Å². The Balaban J connectivity index is 1.13. The lowest BCUT2D eigenvalue weighted by atomic mass is 10.2. The molecule has 0 aliphatic heterocycles. The van der Waals surface area contributed by atoms with E-state index in [-0.39, 0.29) is 23.2 Å². The number of amides is 4. The van der Waals surface area contributed by atoms with Gasteiger partial charge < -0.3 is 26.0 Å². The third-order valence-electron chi connectivity index (χ3n) is 6.71. The summed E-state index contributed by atoms with van der Waals surface area (Å²) in [4.78, 5) is 44.4. The summed E-state index contributed by atoms with van der Waals surface area (Å²) in [5.74, 6) is -0.510. The number of carbonyl (C=O) groups excluding carboxylic acids is 3. The van der Waals surface area contributed by atoms with E-state index in [2.05, 4.69) is 31.2 Å². The van der Waals surface area contributed by atoms with Crippen LogP contribution < -0.4 is 26.0 Å². The number of nitrogens with one attached hydrogen (secondary N) is 4. The van der Waals surface area contributed by atoms with Gasteiger partial charge >= 0.3 is 12.2 Å². The molecule has 2 aromatic heterocycles. The van der Waals surface area contributed by atoms with E-state index in [1.165, 1.54) is 54.9 Å². The summed E-state index contributed by atoms with van der Waals surface area (Å²) in [5.41, 5.74) is -0.0986. The molecule has 0 aliphatic carbocycles. The second-order valence-corrected chi connectivity index (χ2v) is 10.9. The molecular weight excluding hydrogens is 668 g/mol. The van der Waals surface area contributed by atoms with Gasteiger partial charge in [0.1, 0.15) is 17.2 Å². The number of ether oxygens (including phenoxy) is 1. The molecule has 0 saturated heterocycles. The summed E-state index contributed by atoms with van der Waals surface area (Å²) in [6, 6.07) is 14.4. The van der Waals surface area contributed by atoms with Crippen molar-refractivity contribution in [2.24, 2.45) is 0 Å². The smallest absolute Gasteiger partial charge is 0.417 e. The van der Waals surface area contributed by atoms with Crippen molar-refractivity contribution in [1.29, 1.82) is 0 Å². The van der Waals surface area contributed by atoms with Crippen LogP contribution in [0.5, 0.6) is 11.5 Å². The van der Waals surface area contributed by atoms with Gasteiger partial charge in [0, 0.05) is 55.1 Å². The number of pyridine rings is 2. The van der Waals surface area contributed by atoms with Crippen LogP contribution in [0.3, 0.4) is 0 Å². The average molecular weight is 699 g/mol. The number of unbranched alkanes of at least 4 members (excludes halogenated alkanes) is 3. The van der Waals surface area contributed by atoms with Gasteiger partial charge in [-0.25, -0.2) is 9.78 Å². The van der Waals surface area contributed by atoms with Crippen LogP contribution in [0.4, 0.5) is 33.7 Å². The fraction of sp³-hybridized carbons (Fsp3) is 0.206. The first kappa shape index (κ1) is 36.3. The number of urea groups is 1. The first-order valence-corrected chi connectivity index (χ1v) is 15.4. The van der Waals surface area contributed by atoms with Crippen molar-refractivity contribution < 1.29 is 36.7 Å². The molecule has 4 aromatic rings. The van der Waals surface area contributed by atoms with E-state index in [9.17, 15) is 31.9 Å². The molecule has 4 N–H and O–H groups in total. The average Bonchev–Trinajstić information content (AvgIpc) is 3.06. The quantitative estimate of drug-likeness (QED) is 0.0459. The molecule has 0 radical (unpaired) electrons. The van der Waals surface area contributed by atoms with Crippen LogP contribution >= 0.6 is 11.6 Å². The van der Waals surface area contributed by atoms with Gasteiger partial charge in [-0.05, 0) is 79.1 Å². The van der Waals surface area contributed by atoms with Crippen LogP contribution in [0.2, 0.25) is 5.02 Å². The number of benzene rings is 2. The van der Waals surface area contributed by atoms with Crippen molar-refractivity contribution in [3.05, 3.63) is 113 Å². The fourth-order valence-electron chi connectivity index (χ4n) is 4.31. The highest BCUT2D eigenvalue weighted by Crippen LogP contribution is 2.36. The van der Waals surface area contributed by atoms with Gasteiger partial charge in [-0.15, -0.1) is 0 Å². The lowest BCUT2D eigenvalue weighted by Gasteiger charge is -2.12. The molecule has 0 fully saturated rings. The second-order valence-electron chi connectivity index (χ2n) is 10.5. The summed E-state index contributed by atoms with van der Waals surface area (Å²) in [7, 11) is 0. The highest BCUT2D eigenvalue weighted by atomic mass is 35.5. The third-order valence-corrected chi connectivity index (χ3v) is 7.04. The minimum absolute atomic E-state index is 0.0855. The minimum atomic E-state index is -4.67. The highest BCUT2D eigenvalue weighted by Gasteiger charge is 2.33. The molecule has 0 saturated carbocycles. The maximum absolute atomic E-state index is 13.1. The minimum Gasteiger partial charge on any atom is -0.457 e. The molecule has 10 nitrogen and oxygen atoms in total. The molecule has 4 rings (SSSR count). The van der Waals surface area contributed by atoms with Crippen molar-refractivity contribution in [2.75, 3.05) is 23.7 Å². The van der Waals surface area contributed by atoms with Gasteiger partial charge in [0.2, 0.25) is 11.9 Å². The maximum Gasteiger partial charge on any atom is 0.417 e. The van der Waals surface area contributed by atoms with Crippen LogP contribution in [0.1, 0.15) is 47.3 Å². The molecule has 2 aromatic carbocycles. The molecule has 256 valence electrons. The topological polar surface area (TPSA) is 134 Å². The summed E-state index contributed by atoms with van der Waals surface area (Å²) in [6.45, 7) is 0.928. The van der Waals surface area contributed by atoms with Gasteiger partial charge in [-0.2, -0.15) is 17.6 Å². The Morgan fingerprint density at radius 2 is 1.45 bits per heavy atom. The first-order valence-electron chi connectivity index (χ1n) is 15.0. The van der Waals surface area contributed by atoms with Crippen molar-refractivity contribution in [3.8, 4) is 11.5 Å². The zero-order valence-corrected chi connectivity index (χ0v) is 26.6. The van der Waals surface area contributed by atoms with Crippen molar-refractivity contribution in [3.63, 3.8) is 0 Å². The lowest BCUT2D eigenvalue weighted by Crippen LogP contribution is -2.25. The molecular formula is C34H31ClF4N6O4. The largest absolute Gasteiger partial charge is 0.457 e. The van der Waals surface area contributed by atoms with Crippen molar-refractivity contribution in [1.82, 2.24) is 20.6 Å². The van der Waals surface area contributed by atoms with E-state index >= 15 is 0 Å². The lowest BCUT2D eigenvalue weighted by molar-refractivity contribution is -0.137. The Labute approximate surface area is 283 Å². The number of rotatable bonds is 14. The molecule has 0 aliphatic rings. The summed E-state index contributed by atoms with van der Waals surface area (Å²) in [5, 5.41) is 9.96. The second kappa shape index (κ2) is 17.6. The Morgan fingerprint density at radius 1 is 0.776 bits per heavy atom. The standard InChI is InChI=1S/C34H31ClF4N6O4/c35-28-11-8-24(20-27(28)34(37,38)39)45-33(48)44-23-6-9-25(10-7-23)49-26-14-18-40-29(21-26)32(47)43-16-4-2-1-3-15-42-31(46)12-5-22-13-17-41-30(36)19-22/h5-14,17-21H,1-4,15-16H2,(H,42,46)(H,43,47)(H2,44,45,48). The maximum atomic E-state index is 13.1. The van der Waals surface area contributed by atoms with Crippen LogP contribution in [-0.2, 0) is 11.0 Å². The number of alkyl halides is 3. The SMILES string of the molecule is O=C(C=Cc1ccnc(F)c1)NCCCCCCNC(=O)c1cc(Oc2ccc(NC(=O)Nc3ccc(Cl)c(C(F)(F)F)c3)cc2)ccn1. The molecule has 0 unspecified atom stereocenters. The molecule has 2 heterocycles. The van der Waals surface area contributed by atoms with Crippen LogP contribution in [0.15, 0.2) is 85.2 Å². The van der Waals surface area contributed by atoms with E-state index in [0.29, 0.717) is 35.8 Å². The Kier molecular flexibility index (Phi) is 13.0. The molecule has 49 heavy (non-hydrogen) atoms. The van der Waals surface area contributed by atoms with E-state index in [1.807, 2.05) is 0 Å². The number of carbonyl (C=O) groups is 3. The number of hydrogen-bond donors (Lipinski definition) is 4. The van der Waals surface area contributed by atoms with Gasteiger partial charge in [0.05, 0.1) is 10.6 Å². The molecule has 0 bridgehead atoms. The normalized spacial score (nSPS) is 11.2. The van der Waals surface area contributed by atoms with Gasteiger partial charge in [0.15, 0.2) is 0 Å². The van der Waals surface area contributed by atoms with Crippen LogP contribution in [0.25, 0.3) is 6.08 Å². The monoisotopic (exact) mass is 698 g/mol. The number of aromatic nitrogens is 2. The number of halogens is 5. The van der Waals surface area contributed by atoms with Crippen molar-refractivity contribution >= 4 is 46.9 Å². The Bertz CT molecular complexity index is 1790. The van der Waals surface area contributed by atoms with Crippen LogP contribution in [-0.4, -0.2) is 40.9 Å². The highest BCUT2D eigenvalue weighted by molar-refractivity contribution is 6.31. The number of anilines is 2. The van der Waals surface area contributed by atoms with Gasteiger partial charge in [0.25, 0.3) is 5.91 Å². The molecule has 15 heteroatoms. The van der Waals surface area contributed by atoms with E-state index < -0.39 is 28.7 Å². The van der Waals surface area contributed by atoms with Crippen LogP contribution in [0, 0.1) is 5.95 Å². The van der Waals surface area contributed by atoms with Crippen molar-refractivity contribution in [2.45, 2.75) is 31.9 Å². The molecule has 0 atom stereocenters. The summed E-state index contributed by atoms with van der Waals surface area (Å²) in [6.07, 6.45) is 4.12. The fourth-order valence-corrected chi connectivity index (χ4v) is 4.54. The van der Waals surface area contributed by atoms with Gasteiger partial charge in [-0.1, -0.05) is 24.4 Å². The predicted molar refractivity (Wildman–Crippen MR) is 177 cm³/mol. The molecule has 0 spiro atoms. The Hall–Kier alpha value is -5.50. The number of nitrogens with zero attached hydrogens (tertiary/aromatic N) is 2. The predicted octanol–water partition coefficient (Wildman–Crippen LogP) is 7.84. The molecule has 4 amide bonds. The zero-order chi connectivity index (χ0) is 35.2. The third kappa shape index (κ3) is 12.2. The summed E-state index contributed by atoms with van der Waals surface area (Å²) < 4.78 is 58.1. The van der Waals surface area contributed by atoms with E-state index in [0.717, 1.165) is 37.8 Å². The summed E-state index contributed by atoms with van der Waals surface area (Å²) >= 11 is 5.61. The van der Waals surface area contributed by atoms with Gasteiger partial charge in [-0.3, -0.25) is 14.6 Å². The Morgan fingerprint density at radius 3 is 2.16 bits per heavy atom. The zero-order valence-electron chi connectivity index (χ0n) is 25.8.